The van der Waals surface area contributed by atoms with Gasteiger partial charge in [0.05, 0.1) is 30.4 Å². The lowest BCUT2D eigenvalue weighted by Gasteiger charge is -2.35. The average molecular weight is 359 g/mol. The maximum Gasteiger partial charge on any atom is 0.194 e. The van der Waals surface area contributed by atoms with Gasteiger partial charge in [0, 0.05) is 19.0 Å². The monoisotopic (exact) mass is 358 g/mol. The zero-order chi connectivity index (χ0) is 17.6. The maximum atomic E-state index is 6.02. The Balaban J connectivity index is 1.63. The maximum absolute atomic E-state index is 6.02. The molecule has 3 rings (SSSR count). The summed E-state index contributed by atoms with van der Waals surface area (Å²) in [4.78, 5) is 11.3. The fraction of sp³-hybridized carbons (Fsp3) is 0.474. The third-order valence-corrected chi connectivity index (χ3v) is 5.48. The molecule has 0 saturated carbocycles. The summed E-state index contributed by atoms with van der Waals surface area (Å²) < 4.78 is 6.02. The molecule has 1 saturated heterocycles. The van der Waals surface area contributed by atoms with E-state index in [1.165, 1.54) is 16.1 Å². The van der Waals surface area contributed by atoms with E-state index in [0.29, 0.717) is 13.2 Å². The number of hydrogen-bond donors (Lipinski definition) is 1. The van der Waals surface area contributed by atoms with Crippen molar-refractivity contribution in [3.63, 3.8) is 0 Å². The molecule has 1 aliphatic heterocycles. The number of benzene rings is 1. The van der Waals surface area contributed by atoms with E-state index in [-0.39, 0.29) is 6.10 Å². The molecule has 0 bridgehead atoms. The Morgan fingerprint density at radius 2 is 2.28 bits per heavy atom. The second-order valence-corrected chi connectivity index (χ2v) is 7.09. The highest BCUT2D eigenvalue weighted by Crippen LogP contribution is 2.25. The van der Waals surface area contributed by atoms with Crippen molar-refractivity contribution in [2.45, 2.75) is 32.9 Å². The molecule has 1 aliphatic rings. The molecule has 134 valence electrons. The first-order chi connectivity index (χ1) is 12.2. The van der Waals surface area contributed by atoms with Gasteiger partial charge in [0.1, 0.15) is 6.10 Å². The predicted molar refractivity (Wildman–Crippen MR) is 103 cm³/mol. The quantitative estimate of drug-likeness (QED) is 0.674. The summed E-state index contributed by atoms with van der Waals surface area (Å²) in [6.07, 6.45) is 1.07. The van der Waals surface area contributed by atoms with Crippen molar-refractivity contribution in [3.05, 3.63) is 51.5 Å². The number of aliphatic imine (C=N–C) groups is 1. The van der Waals surface area contributed by atoms with Gasteiger partial charge in [-0.3, -0.25) is 4.99 Å². The van der Waals surface area contributed by atoms with E-state index in [0.717, 1.165) is 31.2 Å². The molecule has 5 nitrogen and oxygen atoms in total. The van der Waals surface area contributed by atoms with Gasteiger partial charge in [0.25, 0.3) is 0 Å². The van der Waals surface area contributed by atoms with Crippen molar-refractivity contribution in [1.29, 1.82) is 0 Å². The summed E-state index contributed by atoms with van der Waals surface area (Å²) in [5, 5.41) is 6.74. The molecule has 1 atom stereocenters. The number of aromatic nitrogens is 1. The molecule has 25 heavy (non-hydrogen) atoms. The van der Waals surface area contributed by atoms with Crippen molar-refractivity contribution >= 4 is 17.3 Å². The normalized spacial score (nSPS) is 18.4. The lowest BCUT2D eigenvalue weighted by Crippen LogP contribution is -2.48. The van der Waals surface area contributed by atoms with Crippen LogP contribution in [0.5, 0.6) is 0 Å². The lowest BCUT2D eigenvalue weighted by atomic mass is 10.0. The summed E-state index contributed by atoms with van der Waals surface area (Å²) in [7, 11) is 1.83. The molecule has 1 aromatic heterocycles. The third-order valence-electron chi connectivity index (χ3n) is 4.44. The van der Waals surface area contributed by atoms with Crippen LogP contribution in [-0.4, -0.2) is 42.6 Å². The molecule has 6 heteroatoms. The van der Waals surface area contributed by atoms with E-state index in [4.69, 9.17) is 4.74 Å². The zero-order valence-corrected chi connectivity index (χ0v) is 16.0. The fourth-order valence-corrected chi connectivity index (χ4v) is 3.82. The summed E-state index contributed by atoms with van der Waals surface area (Å²) >= 11 is 1.72. The Morgan fingerprint density at radius 1 is 1.44 bits per heavy atom. The van der Waals surface area contributed by atoms with Gasteiger partial charge >= 0.3 is 0 Å². The SMILES string of the molecule is CCc1nc(CNC(=NC)N2CCOC(c3ccccc3C)C2)cs1. The number of guanidine groups is 1. The van der Waals surface area contributed by atoms with Crippen LogP contribution in [0.1, 0.15) is 34.9 Å². The van der Waals surface area contributed by atoms with Crippen molar-refractivity contribution < 1.29 is 4.74 Å². The number of nitrogens with zero attached hydrogens (tertiary/aromatic N) is 3. The van der Waals surface area contributed by atoms with Crippen LogP contribution in [0.2, 0.25) is 0 Å². The van der Waals surface area contributed by atoms with Crippen LogP contribution in [0.25, 0.3) is 0 Å². The number of ether oxygens (including phenoxy) is 1. The van der Waals surface area contributed by atoms with E-state index >= 15 is 0 Å². The minimum absolute atomic E-state index is 0.0828. The van der Waals surface area contributed by atoms with Gasteiger partial charge in [-0.15, -0.1) is 11.3 Å². The minimum atomic E-state index is 0.0828. The molecule has 2 aromatic rings. The largest absolute Gasteiger partial charge is 0.370 e. The standard InChI is InChI=1S/C19H26N4OS/c1-4-18-22-15(13-25-18)11-21-19(20-3)23-9-10-24-17(12-23)16-8-6-5-7-14(16)2/h5-8,13,17H,4,9-12H2,1-3H3,(H,20,21). The molecule has 1 aromatic carbocycles. The van der Waals surface area contributed by atoms with Gasteiger partial charge in [0.15, 0.2) is 5.96 Å². The molecule has 1 fully saturated rings. The van der Waals surface area contributed by atoms with Crippen molar-refractivity contribution in [3.8, 4) is 0 Å². The molecular weight excluding hydrogens is 332 g/mol. The van der Waals surface area contributed by atoms with Crippen LogP contribution in [-0.2, 0) is 17.7 Å². The van der Waals surface area contributed by atoms with E-state index in [1.807, 2.05) is 7.05 Å². The van der Waals surface area contributed by atoms with Crippen molar-refractivity contribution in [2.24, 2.45) is 4.99 Å². The fourth-order valence-electron chi connectivity index (χ4n) is 3.07. The third kappa shape index (κ3) is 4.38. The molecule has 1 N–H and O–H groups in total. The van der Waals surface area contributed by atoms with E-state index in [1.54, 1.807) is 11.3 Å². The van der Waals surface area contributed by atoms with Crippen molar-refractivity contribution in [1.82, 2.24) is 15.2 Å². The number of thiazole rings is 1. The Labute approximate surface area is 153 Å². The Hall–Kier alpha value is -1.92. The first kappa shape index (κ1) is 17.9. The van der Waals surface area contributed by atoms with Crippen LogP contribution >= 0.6 is 11.3 Å². The van der Waals surface area contributed by atoms with Gasteiger partial charge in [-0.1, -0.05) is 31.2 Å². The summed E-state index contributed by atoms with van der Waals surface area (Å²) in [5.74, 6) is 0.910. The minimum Gasteiger partial charge on any atom is -0.370 e. The average Bonchev–Trinajstić information content (AvgIpc) is 3.11. The molecule has 1 unspecified atom stereocenters. The Kier molecular flexibility index (Phi) is 6.04. The molecule has 0 aliphatic carbocycles. The number of hydrogen-bond acceptors (Lipinski definition) is 4. The number of nitrogens with one attached hydrogen (secondary N) is 1. The van der Waals surface area contributed by atoms with E-state index in [2.05, 4.69) is 63.7 Å². The van der Waals surface area contributed by atoms with Crippen LogP contribution in [0, 0.1) is 6.92 Å². The smallest absolute Gasteiger partial charge is 0.194 e. The lowest BCUT2D eigenvalue weighted by molar-refractivity contribution is -0.00834. The summed E-state index contributed by atoms with van der Waals surface area (Å²) in [6.45, 7) is 7.33. The van der Waals surface area contributed by atoms with Gasteiger partial charge in [-0.25, -0.2) is 4.98 Å². The van der Waals surface area contributed by atoms with E-state index < -0.39 is 0 Å². The van der Waals surface area contributed by atoms with Crippen molar-refractivity contribution in [2.75, 3.05) is 26.7 Å². The Bertz CT molecular complexity index is 728. The molecule has 0 spiro atoms. The topological polar surface area (TPSA) is 49.8 Å². The van der Waals surface area contributed by atoms with Crippen LogP contribution in [0.3, 0.4) is 0 Å². The molecule has 0 amide bonds. The molecule has 2 heterocycles. The number of morpholine rings is 1. The molecule has 0 radical (unpaired) electrons. The van der Waals surface area contributed by atoms with E-state index in [9.17, 15) is 0 Å². The number of rotatable bonds is 4. The highest BCUT2D eigenvalue weighted by atomic mass is 32.1. The van der Waals surface area contributed by atoms with Crippen LogP contribution in [0.15, 0.2) is 34.6 Å². The van der Waals surface area contributed by atoms with Gasteiger partial charge in [-0.2, -0.15) is 0 Å². The highest BCUT2D eigenvalue weighted by molar-refractivity contribution is 7.09. The van der Waals surface area contributed by atoms with Crippen LogP contribution in [0.4, 0.5) is 0 Å². The predicted octanol–water partition coefficient (Wildman–Crippen LogP) is 3.16. The first-order valence-corrected chi connectivity index (χ1v) is 9.65. The number of aryl methyl sites for hydroxylation is 2. The summed E-state index contributed by atoms with van der Waals surface area (Å²) in [5.41, 5.74) is 3.60. The van der Waals surface area contributed by atoms with Crippen LogP contribution < -0.4 is 5.32 Å². The Morgan fingerprint density at radius 3 is 3.00 bits per heavy atom. The van der Waals surface area contributed by atoms with Gasteiger partial charge in [0.2, 0.25) is 0 Å². The molecular formula is C19H26N4OS. The van der Waals surface area contributed by atoms with Gasteiger partial charge < -0.3 is 15.0 Å². The highest BCUT2D eigenvalue weighted by Gasteiger charge is 2.25. The van der Waals surface area contributed by atoms with Gasteiger partial charge in [-0.05, 0) is 24.5 Å². The second kappa shape index (κ2) is 8.45. The summed E-state index contributed by atoms with van der Waals surface area (Å²) in [6, 6.07) is 8.43. The zero-order valence-electron chi connectivity index (χ0n) is 15.2. The first-order valence-electron chi connectivity index (χ1n) is 8.77. The second-order valence-electron chi connectivity index (χ2n) is 6.15.